The molecule has 0 atom stereocenters. The minimum Gasteiger partial charge on any atom is -0.481 e. The summed E-state index contributed by atoms with van der Waals surface area (Å²) in [5.41, 5.74) is 0. The van der Waals surface area contributed by atoms with Crippen molar-refractivity contribution < 1.29 is 18.9 Å². The Balaban J connectivity index is 2.18. The molecule has 0 bridgehead atoms. The zero-order valence-electron chi connectivity index (χ0n) is 9.99. The monoisotopic (exact) mass is 298 g/mol. The molecular weight excluding hydrogens is 292 g/mol. The topological polar surface area (TPSA) is 120 Å². The van der Waals surface area contributed by atoms with Gasteiger partial charge < -0.3 is 9.15 Å². The van der Waals surface area contributed by atoms with Gasteiger partial charge in [0.15, 0.2) is 5.76 Å². The average Bonchev–Trinajstić information content (AvgIpc) is 2.87. The predicted molar refractivity (Wildman–Crippen MR) is 66.9 cm³/mol. The van der Waals surface area contributed by atoms with Crippen molar-refractivity contribution >= 4 is 29.3 Å². The van der Waals surface area contributed by atoms with E-state index in [9.17, 15) is 14.9 Å². The number of ether oxygens (including phenoxy) is 1. The largest absolute Gasteiger partial charge is 0.481 e. The van der Waals surface area contributed by atoms with Crippen molar-refractivity contribution in [3.05, 3.63) is 39.2 Å². The van der Waals surface area contributed by atoms with Crippen LogP contribution in [0.15, 0.2) is 22.6 Å². The van der Waals surface area contributed by atoms with Crippen LogP contribution in [0.2, 0.25) is 5.15 Å². The number of nitro groups is 1. The van der Waals surface area contributed by atoms with Gasteiger partial charge in [0.05, 0.1) is 13.2 Å². The smallest absolute Gasteiger partial charge is 0.433 e. The maximum atomic E-state index is 11.8. The second kappa shape index (κ2) is 5.53. The number of nitrogens with zero attached hydrogens (tertiary/aromatic N) is 3. The maximum Gasteiger partial charge on any atom is 0.433 e. The standard InChI is InChI=1S/C10H7ClN4O5/c1-19-7-4-6(11)12-10(13-7)14-9(16)5-2-3-8(20-5)15(17)18/h2-4H,1H3,(H,12,13,14,16). The lowest BCUT2D eigenvalue weighted by Gasteiger charge is -2.04. The van der Waals surface area contributed by atoms with Gasteiger partial charge >= 0.3 is 5.88 Å². The lowest BCUT2D eigenvalue weighted by molar-refractivity contribution is -0.402. The van der Waals surface area contributed by atoms with E-state index in [1.54, 1.807) is 0 Å². The summed E-state index contributed by atoms with van der Waals surface area (Å²) in [7, 11) is 1.38. The van der Waals surface area contributed by atoms with E-state index in [2.05, 4.69) is 15.3 Å². The third kappa shape index (κ3) is 3.01. The van der Waals surface area contributed by atoms with E-state index in [-0.39, 0.29) is 22.7 Å². The Morgan fingerprint density at radius 2 is 2.25 bits per heavy atom. The van der Waals surface area contributed by atoms with Crippen LogP contribution in [0.5, 0.6) is 5.88 Å². The highest BCUT2D eigenvalue weighted by atomic mass is 35.5. The third-order valence-corrected chi connectivity index (χ3v) is 2.30. The molecule has 2 aromatic rings. The first-order chi connectivity index (χ1) is 9.49. The molecule has 10 heteroatoms. The molecule has 2 aromatic heterocycles. The zero-order chi connectivity index (χ0) is 14.7. The van der Waals surface area contributed by atoms with E-state index in [1.807, 2.05) is 0 Å². The van der Waals surface area contributed by atoms with Crippen LogP contribution in [0.1, 0.15) is 10.6 Å². The summed E-state index contributed by atoms with van der Waals surface area (Å²) in [5.74, 6) is -1.49. The summed E-state index contributed by atoms with van der Waals surface area (Å²) in [6, 6.07) is 3.58. The number of hydrogen-bond acceptors (Lipinski definition) is 7. The van der Waals surface area contributed by atoms with E-state index in [1.165, 1.54) is 13.2 Å². The highest BCUT2D eigenvalue weighted by Gasteiger charge is 2.18. The van der Waals surface area contributed by atoms with E-state index >= 15 is 0 Å². The first kappa shape index (κ1) is 13.7. The molecule has 2 heterocycles. The molecule has 0 aromatic carbocycles. The predicted octanol–water partition coefficient (Wildman–Crippen LogP) is 1.89. The second-order valence-corrected chi connectivity index (χ2v) is 3.79. The van der Waals surface area contributed by atoms with Crippen molar-refractivity contribution in [2.45, 2.75) is 0 Å². The van der Waals surface area contributed by atoms with Crippen LogP contribution >= 0.6 is 11.6 Å². The van der Waals surface area contributed by atoms with E-state index in [0.717, 1.165) is 12.1 Å². The van der Waals surface area contributed by atoms with Crippen LogP contribution in [0.3, 0.4) is 0 Å². The summed E-state index contributed by atoms with van der Waals surface area (Å²) in [5, 5.41) is 12.8. The molecule has 104 valence electrons. The number of furan rings is 1. The van der Waals surface area contributed by atoms with Gasteiger partial charge in [-0.2, -0.15) is 4.98 Å². The lowest BCUT2D eigenvalue weighted by atomic mass is 10.4. The quantitative estimate of drug-likeness (QED) is 0.519. The Kier molecular flexibility index (Phi) is 3.80. The summed E-state index contributed by atoms with van der Waals surface area (Å²) in [6.07, 6.45) is 0. The third-order valence-electron chi connectivity index (χ3n) is 2.10. The summed E-state index contributed by atoms with van der Waals surface area (Å²) < 4.78 is 9.59. The van der Waals surface area contributed by atoms with Gasteiger partial charge in [0.1, 0.15) is 10.1 Å². The molecule has 0 saturated heterocycles. The molecule has 9 nitrogen and oxygen atoms in total. The molecule has 0 aliphatic carbocycles. The van der Waals surface area contributed by atoms with Crippen molar-refractivity contribution in [1.82, 2.24) is 9.97 Å². The van der Waals surface area contributed by atoms with Gasteiger partial charge in [0, 0.05) is 6.07 Å². The van der Waals surface area contributed by atoms with Crippen molar-refractivity contribution in [3.8, 4) is 5.88 Å². The Labute approximate surface area is 116 Å². The molecule has 0 aliphatic rings. The number of methoxy groups -OCH3 is 1. The Morgan fingerprint density at radius 1 is 1.50 bits per heavy atom. The van der Waals surface area contributed by atoms with Crippen LogP contribution in [0.4, 0.5) is 11.8 Å². The molecule has 2 rings (SSSR count). The maximum absolute atomic E-state index is 11.8. The van der Waals surface area contributed by atoms with Gasteiger partial charge in [-0.15, -0.1) is 0 Å². The fraction of sp³-hybridized carbons (Fsp3) is 0.100. The minimum atomic E-state index is -0.754. The van der Waals surface area contributed by atoms with Gasteiger partial charge in [0.25, 0.3) is 5.91 Å². The zero-order valence-corrected chi connectivity index (χ0v) is 10.7. The molecule has 0 fully saturated rings. The van der Waals surface area contributed by atoms with E-state index < -0.39 is 16.7 Å². The number of nitrogens with one attached hydrogen (secondary N) is 1. The Bertz CT molecular complexity index is 671. The van der Waals surface area contributed by atoms with Crippen LogP contribution in [-0.2, 0) is 0 Å². The average molecular weight is 299 g/mol. The molecule has 0 saturated carbocycles. The number of carbonyl (C=O) groups is 1. The molecule has 0 spiro atoms. The summed E-state index contributed by atoms with van der Waals surface area (Å²) >= 11 is 5.71. The highest BCUT2D eigenvalue weighted by molar-refractivity contribution is 6.29. The number of hydrogen-bond donors (Lipinski definition) is 1. The van der Waals surface area contributed by atoms with Crippen molar-refractivity contribution in [1.29, 1.82) is 0 Å². The van der Waals surface area contributed by atoms with Crippen LogP contribution < -0.4 is 10.1 Å². The second-order valence-electron chi connectivity index (χ2n) is 3.41. The lowest BCUT2D eigenvalue weighted by Crippen LogP contribution is -2.13. The molecule has 0 aliphatic heterocycles. The van der Waals surface area contributed by atoms with Gasteiger partial charge in [-0.1, -0.05) is 11.6 Å². The fourth-order valence-corrected chi connectivity index (χ4v) is 1.44. The fourth-order valence-electron chi connectivity index (χ4n) is 1.27. The summed E-state index contributed by atoms with van der Waals surface area (Å²) in [6.45, 7) is 0. The van der Waals surface area contributed by atoms with Crippen LogP contribution in [0, 0.1) is 10.1 Å². The molecule has 1 N–H and O–H groups in total. The van der Waals surface area contributed by atoms with Crippen LogP contribution in [0.25, 0.3) is 0 Å². The van der Waals surface area contributed by atoms with Gasteiger partial charge in [-0.05, 0) is 6.07 Å². The van der Waals surface area contributed by atoms with Crippen molar-refractivity contribution in [2.24, 2.45) is 0 Å². The Morgan fingerprint density at radius 3 is 2.85 bits per heavy atom. The van der Waals surface area contributed by atoms with Crippen molar-refractivity contribution in [3.63, 3.8) is 0 Å². The van der Waals surface area contributed by atoms with E-state index in [4.69, 9.17) is 20.8 Å². The minimum absolute atomic E-state index is 0.0672. The molecule has 20 heavy (non-hydrogen) atoms. The number of rotatable bonds is 4. The molecular formula is C10H7ClN4O5. The van der Waals surface area contributed by atoms with Crippen LogP contribution in [-0.4, -0.2) is 27.9 Å². The first-order valence-corrected chi connectivity index (χ1v) is 5.51. The number of anilines is 1. The number of halogens is 1. The normalized spacial score (nSPS) is 10.1. The van der Waals surface area contributed by atoms with Gasteiger partial charge in [0.2, 0.25) is 11.8 Å². The van der Waals surface area contributed by atoms with Crippen molar-refractivity contribution in [2.75, 3.05) is 12.4 Å². The van der Waals surface area contributed by atoms with Gasteiger partial charge in [-0.3, -0.25) is 20.2 Å². The van der Waals surface area contributed by atoms with E-state index in [0.29, 0.717) is 0 Å². The SMILES string of the molecule is COc1cc(Cl)nc(NC(=O)c2ccc([N+](=O)[O-])o2)n1. The molecule has 0 radical (unpaired) electrons. The van der Waals surface area contributed by atoms with Gasteiger partial charge in [-0.25, -0.2) is 4.98 Å². The summed E-state index contributed by atoms with van der Waals surface area (Å²) in [4.78, 5) is 29.1. The number of carbonyl (C=O) groups excluding carboxylic acids is 1. The number of amides is 1. The Hall–Kier alpha value is -2.68. The highest BCUT2D eigenvalue weighted by Crippen LogP contribution is 2.18. The number of aromatic nitrogens is 2. The molecule has 1 amide bonds. The molecule has 0 unspecified atom stereocenters. The first-order valence-electron chi connectivity index (χ1n) is 5.13.